The van der Waals surface area contributed by atoms with E-state index in [0.717, 1.165) is 21.1 Å². The second-order valence-electron chi connectivity index (χ2n) is 5.33. The number of carbonyl (C=O) groups is 2. The highest BCUT2D eigenvalue weighted by Crippen LogP contribution is 2.17. The van der Waals surface area contributed by atoms with Crippen molar-refractivity contribution in [3.63, 3.8) is 0 Å². The average molecular weight is 427 g/mol. The van der Waals surface area contributed by atoms with E-state index < -0.39 is 11.9 Å². The van der Waals surface area contributed by atoms with Crippen LogP contribution in [0.3, 0.4) is 0 Å². The van der Waals surface area contributed by atoms with E-state index in [1.807, 2.05) is 29.2 Å². The van der Waals surface area contributed by atoms with Gasteiger partial charge >= 0.3 is 11.9 Å². The second-order valence-corrected chi connectivity index (χ2v) is 6.64. The lowest BCUT2D eigenvalue weighted by Crippen LogP contribution is -2.49. The number of thiocarbonyl (C=S) groups is 1. The molecule has 0 spiro atoms. The molecule has 6 nitrogen and oxygen atoms in total. The molecule has 1 fully saturated rings. The van der Waals surface area contributed by atoms with Gasteiger partial charge < -0.3 is 19.3 Å². The number of halogens is 1. The third kappa shape index (κ3) is 5.02. The van der Waals surface area contributed by atoms with Crippen LogP contribution in [0.2, 0.25) is 0 Å². The highest BCUT2D eigenvalue weighted by atomic mass is 79.9. The van der Waals surface area contributed by atoms with E-state index in [1.165, 1.54) is 14.2 Å². The Morgan fingerprint density at radius 1 is 1.12 bits per heavy atom. The van der Waals surface area contributed by atoms with Crippen LogP contribution in [0.15, 0.2) is 40.5 Å². The summed E-state index contributed by atoms with van der Waals surface area (Å²) in [5, 5.41) is 0. The van der Waals surface area contributed by atoms with Crippen molar-refractivity contribution in [1.29, 1.82) is 0 Å². The van der Waals surface area contributed by atoms with Crippen molar-refractivity contribution in [3.8, 4) is 0 Å². The number of ether oxygens (including phenoxy) is 2. The standard InChI is InChI=1S/C17H19BrN2O4S/c1-23-15(21)11-14(17(22)24-2)19-6-8-20(9-7-19)16(25)12-4-3-5-13(18)10-12/h3-5,10-11H,6-9H2,1-2H3/b14-11+. The molecule has 0 radical (unpaired) electrons. The molecule has 1 saturated heterocycles. The van der Waals surface area contributed by atoms with E-state index in [-0.39, 0.29) is 5.70 Å². The van der Waals surface area contributed by atoms with Crippen LogP contribution in [0.5, 0.6) is 0 Å². The van der Waals surface area contributed by atoms with Crippen LogP contribution in [0.4, 0.5) is 0 Å². The van der Waals surface area contributed by atoms with Crippen LogP contribution in [0.25, 0.3) is 0 Å². The number of benzene rings is 1. The summed E-state index contributed by atoms with van der Waals surface area (Å²) in [7, 11) is 2.55. The van der Waals surface area contributed by atoms with Crippen molar-refractivity contribution in [2.24, 2.45) is 0 Å². The molecule has 0 aromatic heterocycles. The summed E-state index contributed by atoms with van der Waals surface area (Å²) >= 11 is 9.02. The quantitative estimate of drug-likeness (QED) is 0.414. The lowest BCUT2D eigenvalue weighted by molar-refractivity contribution is -0.140. The molecule has 2 rings (SSSR count). The number of rotatable bonds is 4. The van der Waals surface area contributed by atoms with Gasteiger partial charge in [-0.25, -0.2) is 9.59 Å². The van der Waals surface area contributed by atoms with Gasteiger partial charge in [-0.2, -0.15) is 0 Å². The first-order chi connectivity index (χ1) is 12.0. The van der Waals surface area contributed by atoms with Gasteiger partial charge in [-0.1, -0.05) is 40.3 Å². The van der Waals surface area contributed by atoms with Gasteiger partial charge in [-0.15, -0.1) is 0 Å². The first-order valence-corrected chi connectivity index (χ1v) is 8.84. The average Bonchev–Trinajstić information content (AvgIpc) is 2.64. The smallest absolute Gasteiger partial charge is 0.354 e. The van der Waals surface area contributed by atoms with Crippen molar-refractivity contribution in [2.75, 3.05) is 40.4 Å². The summed E-state index contributed by atoms with van der Waals surface area (Å²) in [5.41, 5.74) is 1.17. The van der Waals surface area contributed by atoms with E-state index in [9.17, 15) is 9.59 Å². The predicted octanol–water partition coefficient (Wildman–Crippen LogP) is 1.97. The molecule has 1 aliphatic heterocycles. The van der Waals surface area contributed by atoms with E-state index >= 15 is 0 Å². The molecule has 134 valence electrons. The summed E-state index contributed by atoms with van der Waals surface area (Å²) in [5.74, 6) is -1.15. The fourth-order valence-electron chi connectivity index (χ4n) is 2.51. The fourth-order valence-corrected chi connectivity index (χ4v) is 3.22. The third-order valence-electron chi connectivity index (χ3n) is 3.83. The Kier molecular flexibility index (Phi) is 6.95. The summed E-state index contributed by atoms with van der Waals surface area (Å²) < 4.78 is 10.3. The summed E-state index contributed by atoms with van der Waals surface area (Å²) in [6, 6.07) is 7.84. The summed E-state index contributed by atoms with van der Waals surface area (Å²) in [4.78, 5) is 28.1. The first kappa shape index (κ1) is 19.4. The number of methoxy groups -OCH3 is 2. The Morgan fingerprint density at radius 2 is 1.76 bits per heavy atom. The van der Waals surface area contributed by atoms with Crippen LogP contribution in [-0.2, 0) is 19.1 Å². The van der Waals surface area contributed by atoms with E-state index in [4.69, 9.17) is 17.0 Å². The number of carbonyl (C=O) groups excluding carboxylic acids is 2. The zero-order valence-corrected chi connectivity index (χ0v) is 16.4. The lowest BCUT2D eigenvalue weighted by Gasteiger charge is -2.37. The minimum Gasteiger partial charge on any atom is -0.466 e. The maximum Gasteiger partial charge on any atom is 0.354 e. The molecule has 0 amide bonds. The van der Waals surface area contributed by atoms with Crippen LogP contribution < -0.4 is 0 Å². The molecule has 25 heavy (non-hydrogen) atoms. The van der Waals surface area contributed by atoms with Gasteiger partial charge in [0.25, 0.3) is 0 Å². The molecule has 0 aliphatic carbocycles. The normalized spacial score (nSPS) is 14.9. The Morgan fingerprint density at radius 3 is 2.32 bits per heavy atom. The molecule has 0 saturated carbocycles. The predicted molar refractivity (Wildman–Crippen MR) is 101 cm³/mol. The number of nitrogens with zero attached hydrogens (tertiary/aromatic N) is 2. The number of hydrogen-bond acceptors (Lipinski definition) is 6. The van der Waals surface area contributed by atoms with Crippen LogP contribution in [0, 0.1) is 0 Å². The van der Waals surface area contributed by atoms with E-state index in [2.05, 4.69) is 25.6 Å². The Balaban J connectivity index is 2.06. The summed E-state index contributed by atoms with van der Waals surface area (Å²) in [6.07, 6.45) is 1.16. The van der Waals surface area contributed by atoms with Gasteiger partial charge in [0.2, 0.25) is 0 Å². The topological polar surface area (TPSA) is 59.1 Å². The molecular weight excluding hydrogens is 408 g/mol. The van der Waals surface area contributed by atoms with Gasteiger partial charge in [0, 0.05) is 36.2 Å². The zero-order valence-electron chi connectivity index (χ0n) is 14.0. The largest absolute Gasteiger partial charge is 0.466 e. The molecule has 1 heterocycles. The maximum atomic E-state index is 12.0. The fraction of sp³-hybridized carbons (Fsp3) is 0.353. The van der Waals surface area contributed by atoms with Gasteiger partial charge in [-0.05, 0) is 12.1 Å². The Bertz CT molecular complexity index is 700. The Labute approximate surface area is 160 Å². The highest BCUT2D eigenvalue weighted by molar-refractivity contribution is 9.10. The second kappa shape index (κ2) is 8.96. The van der Waals surface area contributed by atoms with Crippen LogP contribution >= 0.6 is 28.1 Å². The Hall–Kier alpha value is -1.93. The van der Waals surface area contributed by atoms with Crippen molar-refractivity contribution in [1.82, 2.24) is 9.80 Å². The monoisotopic (exact) mass is 426 g/mol. The molecule has 0 atom stereocenters. The molecule has 0 N–H and O–H groups in total. The minimum absolute atomic E-state index is 0.197. The number of piperazine rings is 1. The van der Waals surface area contributed by atoms with Gasteiger partial charge in [0.15, 0.2) is 0 Å². The first-order valence-electron chi connectivity index (χ1n) is 7.64. The number of esters is 2. The van der Waals surface area contributed by atoms with Gasteiger partial charge in [0.1, 0.15) is 10.7 Å². The zero-order chi connectivity index (χ0) is 18.4. The summed E-state index contributed by atoms with van der Waals surface area (Å²) in [6.45, 7) is 2.37. The van der Waals surface area contributed by atoms with Crippen molar-refractivity contribution >= 4 is 45.1 Å². The maximum absolute atomic E-state index is 12.0. The molecule has 0 bridgehead atoms. The molecular formula is C17H19BrN2O4S. The molecule has 1 aromatic carbocycles. The van der Waals surface area contributed by atoms with Gasteiger partial charge in [-0.3, -0.25) is 0 Å². The minimum atomic E-state index is -0.590. The molecule has 0 unspecified atom stereocenters. The van der Waals surface area contributed by atoms with Crippen molar-refractivity contribution in [3.05, 3.63) is 46.1 Å². The number of hydrogen-bond donors (Lipinski definition) is 0. The lowest BCUT2D eigenvalue weighted by atomic mass is 10.2. The van der Waals surface area contributed by atoms with E-state index in [0.29, 0.717) is 26.2 Å². The van der Waals surface area contributed by atoms with Crippen molar-refractivity contribution < 1.29 is 19.1 Å². The molecule has 1 aliphatic rings. The highest BCUT2D eigenvalue weighted by Gasteiger charge is 2.25. The van der Waals surface area contributed by atoms with Gasteiger partial charge in [0.05, 0.1) is 20.3 Å². The van der Waals surface area contributed by atoms with Crippen molar-refractivity contribution in [2.45, 2.75) is 0 Å². The molecule has 1 aromatic rings. The molecule has 8 heteroatoms. The van der Waals surface area contributed by atoms with E-state index in [1.54, 1.807) is 0 Å². The SMILES string of the molecule is COC(=O)/C=C(\C(=O)OC)N1CCN(C(=S)c2cccc(Br)c2)CC1. The van der Waals surface area contributed by atoms with Crippen LogP contribution in [-0.4, -0.2) is 67.1 Å². The third-order valence-corrected chi connectivity index (χ3v) is 4.82. The van der Waals surface area contributed by atoms with Crippen LogP contribution in [0.1, 0.15) is 5.56 Å².